The van der Waals surface area contributed by atoms with E-state index in [0.29, 0.717) is 24.7 Å². The minimum atomic E-state index is -0.0364. The lowest BCUT2D eigenvalue weighted by Crippen LogP contribution is -2.25. The van der Waals surface area contributed by atoms with Gasteiger partial charge in [-0.05, 0) is 0 Å². The Kier molecular flexibility index (Phi) is 6.21. The number of amides is 1. The third kappa shape index (κ3) is 5.93. The predicted octanol–water partition coefficient (Wildman–Crippen LogP) is 0.970. The van der Waals surface area contributed by atoms with E-state index in [1.165, 1.54) is 0 Å². The number of rotatable bonds is 4. The van der Waals surface area contributed by atoms with Crippen LogP contribution in [0.5, 0.6) is 0 Å². The first-order valence-electron chi connectivity index (χ1n) is 2.70. The smallest absolute Gasteiger partial charge is 0.221 e. The lowest BCUT2D eigenvalue weighted by Gasteiger charge is -1.97. The van der Waals surface area contributed by atoms with Crippen molar-refractivity contribution in [3.63, 3.8) is 0 Å². The second kappa shape index (κ2) is 6.17. The van der Waals surface area contributed by atoms with E-state index in [9.17, 15) is 4.79 Å². The number of alkyl halides is 2. The van der Waals surface area contributed by atoms with Gasteiger partial charge < -0.3 is 5.32 Å². The van der Waals surface area contributed by atoms with Crippen molar-refractivity contribution in [3.8, 4) is 0 Å². The Morgan fingerprint density at radius 3 is 2.44 bits per heavy atom. The number of hydrogen-bond donors (Lipinski definition) is 1. The highest BCUT2D eigenvalue weighted by Gasteiger charge is 1.95. The van der Waals surface area contributed by atoms with Gasteiger partial charge in [0.2, 0.25) is 5.91 Å². The van der Waals surface area contributed by atoms with Crippen LogP contribution in [-0.4, -0.2) is 24.2 Å². The van der Waals surface area contributed by atoms with Crippen LogP contribution in [0.1, 0.15) is 6.42 Å². The first-order chi connectivity index (χ1) is 4.31. The lowest BCUT2D eigenvalue weighted by molar-refractivity contribution is -0.120. The second-order valence-electron chi connectivity index (χ2n) is 1.48. The number of hydrogen-bond acceptors (Lipinski definition) is 1. The maximum absolute atomic E-state index is 10.5. The quantitative estimate of drug-likeness (QED) is 0.625. The highest BCUT2D eigenvalue weighted by atomic mass is 35.5. The highest BCUT2D eigenvalue weighted by molar-refractivity contribution is 6.19. The summed E-state index contributed by atoms with van der Waals surface area (Å²) in [4.78, 5) is 10.5. The Balaban J connectivity index is 3.06. The highest BCUT2D eigenvalue weighted by Crippen LogP contribution is 1.83. The van der Waals surface area contributed by atoms with Gasteiger partial charge in [0, 0.05) is 24.7 Å². The first kappa shape index (κ1) is 9.05. The van der Waals surface area contributed by atoms with E-state index in [-0.39, 0.29) is 5.91 Å². The number of nitrogens with one attached hydrogen (secondary N) is 1. The summed E-state index contributed by atoms with van der Waals surface area (Å²) in [5, 5.41) is 2.58. The summed E-state index contributed by atoms with van der Waals surface area (Å²) >= 11 is 10.6. The van der Waals surface area contributed by atoms with E-state index >= 15 is 0 Å². The van der Waals surface area contributed by atoms with Crippen LogP contribution in [-0.2, 0) is 4.79 Å². The SMILES string of the molecule is O=C(CCCl)NCCCl. The summed E-state index contributed by atoms with van der Waals surface area (Å²) in [7, 11) is 0. The molecule has 0 saturated carbocycles. The molecular formula is C5H9Cl2NO. The van der Waals surface area contributed by atoms with Crippen molar-refractivity contribution >= 4 is 29.1 Å². The average Bonchev–Trinajstić information content (AvgIpc) is 1.85. The molecule has 0 aromatic rings. The largest absolute Gasteiger partial charge is 0.355 e. The molecule has 0 unspecified atom stereocenters. The van der Waals surface area contributed by atoms with Crippen molar-refractivity contribution in [2.75, 3.05) is 18.3 Å². The van der Waals surface area contributed by atoms with Crippen LogP contribution in [0.25, 0.3) is 0 Å². The molecule has 0 aromatic carbocycles. The van der Waals surface area contributed by atoms with Gasteiger partial charge in [-0.3, -0.25) is 4.79 Å². The minimum absolute atomic E-state index is 0.0364. The Hall–Kier alpha value is 0.0500. The molecule has 0 aliphatic heterocycles. The van der Waals surface area contributed by atoms with E-state index in [1.54, 1.807) is 0 Å². The predicted molar refractivity (Wildman–Crippen MR) is 39.1 cm³/mol. The van der Waals surface area contributed by atoms with Crippen molar-refractivity contribution in [3.05, 3.63) is 0 Å². The van der Waals surface area contributed by atoms with Gasteiger partial charge in [-0.15, -0.1) is 23.2 Å². The minimum Gasteiger partial charge on any atom is -0.355 e. The van der Waals surface area contributed by atoms with Crippen LogP contribution in [0.2, 0.25) is 0 Å². The molecular weight excluding hydrogens is 161 g/mol. The normalized spacial score (nSPS) is 9.11. The molecule has 0 heterocycles. The third-order valence-electron chi connectivity index (χ3n) is 0.738. The van der Waals surface area contributed by atoms with Gasteiger partial charge in [-0.1, -0.05) is 0 Å². The second-order valence-corrected chi connectivity index (χ2v) is 2.23. The molecule has 0 saturated heterocycles. The summed E-state index contributed by atoms with van der Waals surface area (Å²) < 4.78 is 0. The van der Waals surface area contributed by atoms with E-state index in [0.717, 1.165) is 0 Å². The standard InChI is InChI=1S/C5H9Cl2NO/c6-2-1-5(9)8-4-3-7/h1-4H2,(H,8,9). The molecule has 0 atom stereocenters. The summed E-state index contributed by atoms with van der Waals surface area (Å²) in [6, 6.07) is 0. The van der Waals surface area contributed by atoms with Gasteiger partial charge >= 0.3 is 0 Å². The molecule has 0 aliphatic carbocycles. The van der Waals surface area contributed by atoms with E-state index < -0.39 is 0 Å². The molecule has 1 amide bonds. The van der Waals surface area contributed by atoms with Crippen LogP contribution in [0.3, 0.4) is 0 Å². The zero-order chi connectivity index (χ0) is 7.11. The Morgan fingerprint density at radius 2 is 2.00 bits per heavy atom. The molecule has 0 rings (SSSR count). The molecule has 0 fully saturated rings. The van der Waals surface area contributed by atoms with Gasteiger partial charge in [-0.2, -0.15) is 0 Å². The summed E-state index contributed by atoms with van der Waals surface area (Å²) in [5.41, 5.74) is 0. The van der Waals surface area contributed by atoms with Crippen LogP contribution in [0.15, 0.2) is 0 Å². The van der Waals surface area contributed by atoms with Gasteiger partial charge in [0.15, 0.2) is 0 Å². The molecule has 54 valence electrons. The summed E-state index contributed by atoms with van der Waals surface area (Å²) in [6.45, 7) is 0.525. The molecule has 0 aromatic heterocycles. The molecule has 0 bridgehead atoms. The number of carbonyl (C=O) groups excluding carboxylic acids is 1. The van der Waals surface area contributed by atoms with E-state index in [1.807, 2.05) is 0 Å². The zero-order valence-corrected chi connectivity index (χ0v) is 6.50. The zero-order valence-electron chi connectivity index (χ0n) is 4.99. The fourth-order valence-electron chi connectivity index (χ4n) is 0.361. The van der Waals surface area contributed by atoms with Crippen molar-refractivity contribution in [1.29, 1.82) is 0 Å². The third-order valence-corrected chi connectivity index (χ3v) is 1.12. The molecule has 4 heteroatoms. The maximum Gasteiger partial charge on any atom is 0.221 e. The lowest BCUT2D eigenvalue weighted by atomic mass is 10.4. The van der Waals surface area contributed by atoms with Crippen molar-refractivity contribution in [1.82, 2.24) is 5.32 Å². The first-order valence-corrected chi connectivity index (χ1v) is 3.76. The molecule has 0 aliphatic rings. The van der Waals surface area contributed by atoms with Crippen LogP contribution < -0.4 is 5.32 Å². The van der Waals surface area contributed by atoms with Crippen LogP contribution in [0.4, 0.5) is 0 Å². The van der Waals surface area contributed by atoms with Crippen molar-refractivity contribution in [2.24, 2.45) is 0 Å². The fraction of sp³-hybridized carbons (Fsp3) is 0.800. The van der Waals surface area contributed by atoms with E-state index in [2.05, 4.69) is 5.32 Å². The molecule has 0 radical (unpaired) electrons. The average molecular weight is 170 g/mol. The Morgan fingerprint density at radius 1 is 1.33 bits per heavy atom. The molecule has 1 N–H and O–H groups in total. The monoisotopic (exact) mass is 169 g/mol. The van der Waals surface area contributed by atoms with E-state index in [4.69, 9.17) is 23.2 Å². The number of halogens is 2. The number of carbonyl (C=O) groups is 1. The fourth-order valence-corrected chi connectivity index (χ4v) is 0.627. The summed E-state index contributed by atoms with van der Waals surface area (Å²) in [6.07, 6.45) is 0.373. The van der Waals surface area contributed by atoms with Crippen LogP contribution >= 0.6 is 23.2 Å². The van der Waals surface area contributed by atoms with Crippen molar-refractivity contribution < 1.29 is 4.79 Å². The Labute approximate surface area is 64.5 Å². The van der Waals surface area contributed by atoms with Gasteiger partial charge in [-0.25, -0.2) is 0 Å². The molecule has 0 spiro atoms. The van der Waals surface area contributed by atoms with Crippen molar-refractivity contribution in [2.45, 2.75) is 6.42 Å². The molecule has 9 heavy (non-hydrogen) atoms. The topological polar surface area (TPSA) is 29.1 Å². The Bertz CT molecular complexity index is 87.0. The maximum atomic E-state index is 10.5. The van der Waals surface area contributed by atoms with Gasteiger partial charge in [0.05, 0.1) is 0 Å². The van der Waals surface area contributed by atoms with Crippen LogP contribution in [0, 0.1) is 0 Å². The van der Waals surface area contributed by atoms with Gasteiger partial charge in [0.25, 0.3) is 0 Å². The van der Waals surface area contributed by atoms with Gasteiger partial charge in [0.1, 0.15) is 0 Å². The molecule has 2 nitrogen and oxygen atoms in total. The summed E-state index contributed by atoms with van der Waals surface area (Å²) in [5.74, 6) is 0.785.